The number of amides is 2. The lowest BCUT2D eigenvalue weighted by Crippen LogP contribution is -2.33. The van der Waals surface area contributed by atoms with Gasteiger partial charge in [-0.1, -0.05) is 42.0 Å². The first-order valence-electron chi connectivity index (χ1n) is 9.18. The molecule has 0 aromatic heterocycles. The lowest BCUT2D eigenvalue weighted by molar-refractivity contribution is -0.131. The van der Waals surface area contributed by atoms with Crippen molar-refractivity contribution in [2.45, 2.75) is 39.8 Å². The molecule has 0 fully saturated rings. The van der Waals surface area contributed by atoms with E-state index in [2.05, 4.69) is 5.32 Å². The molecule has 0 spiro atoms. The molecule has 5 nitrogen and oxygen atoms in total. The van der Waals surface area contributed by atoms with E-state index in [-0.39, 0.29) is 24.3 Å². The van der Waals surface area contributed by atoms with Crippen molar-refractivity contribution >= 4 is 11.8 Å². The highest BCUT2D eigenvalue weighted by molar-refractivity contribution is 5.79. The molecule has 0 aliphatic carbocycles. The Labute approximate surface area is 161 Å². The Morgan fingerprint density at radius 3 is 2.26 bits per heavy atom. The standard InChI is InChI=1S/C22H28N2O3/c1-5-27-20-12-8-18(9-13-20)15-24(4)22(26)14-21(23-17(3)25)19-10-6-16(2)7-11-19/h6-13,21H,5,14-15H2,1-4H3,(H,23,25). The first kappa shape index (κ1) is 20.5. The number of aryl methyl sites for hydroxylation is 1. The first-order valence-corrected chi connectivity index (χ1v) is 9.18. The highest BCUT2D eigenvalue weighted by atomic mass is 16.5. The number of ether oxygens (including phenoxy) is 1. The van der Waals surface area contributed by atoms with Gasteiger partial charge in [0.2, 0.25) is 11.8 Å². The summed E-state index contributed by atoms with van der Waals surface area (Å²) < 4.78 is 5.44. The minimum atomic E-state index is -0.335. The zero-order chi connectivity index (χ0) is 19.8. The zero-order valence-corrected chi connectivity index (χ0v) is 16.5. The molecule has 0 saturated carbocycles. The summed E-state index contributed by atoms with van der Waals surface area (Å²) in [5, 5.41) is 2.88. The van der Waals surface area contributed by atoms with Crippen LogP contribution in [-0.2, 0) is 16.1 Å². The van der Waals surface area contributed by atoms with Crippen molar-refractivity contribution in [2.24, 2.45) is 0 Å². The van der Waals surface area contributed by atoms with Crippen LogP contribution in [0.5, 0.6) is 5.75 Å². The van der Waals surface area contributed by atoms with Gasteiger partial charge in [0.25, 0.3) is 0 Å². The van der Waals surface area contributed by atoms with Gasteiger partial charge in [-0.25, -0.2) is 0 Å². The third kappa shape index (κ3) is 6.44. The minimum Gasteiger partial charge on any atom is -0.494 e. The number of hydrogen-bond donors (Lipinski definition) is 1. The summed E-state index contributed by atoms with van der Waals surface area (Å²) in [7, 11) is 1.78. The number of nitrogens with one attached hydrogen (secondary N) is 1. The summed E-state index contributed by atoms with van der Waals surface area (Å²) in [6, 6.07) is 15.3. The van der Waals surface area contributed by atoms with Crippen LogP contribution in [0.25, 0.3) is 0 Å². The maximum Gasteiger partial charge on any atom is 0.225 e. The summed E-state index contributed by atoms with van der Waals surface area (Å²) in [6.45, 7) is 6.55. The Balaban J connectivity index is 2.02. The fraction of sp³-hybridized carbons (Fsp3) is 0.364. The highest BCUT2D eigenvalue weighted by Crippen LogP contribution is 2.20. The average Bonchev–Trinajstić information content (AvgIpc) is 2.63. The predicted molar refractivity (Wildman–Crippen MR) is 106 cm³/mol. The van der Waals surface area contributed by atoms with E-state index in [1.165, 1.54) is 6.92 Å². The molecule has 27 heavy (non-hydrogen) atoms. The molecule has 144 valence electrons. The number of benzene rings is 2. The monoisotopic (exact) mass is 368 g/mol. The van der Waals surface area contributed by atoms with E-state index < -0.39 is 0 Å². The molecule has 1 atom stereocenters. The second kappa shape index (κ2) is 9.76. The van der Waals surface area contributed by atoms with E-state index in [0.29, 0.717) is 13.2 Å². The van der Waals surface area contributed by atoms with Gasteiger partial charge in [0, 0.05) is 20.5 Å². The Morgan fingerprint density at radius 1 is 1.07 bits per heavy atom. The van der Waals surface area contributed by atoms with Crippen molar-refractivity contribution in [3.05, 3.63) is 65.2 Å². The molecule has 0 radical (unpaired) electrons. The Morgan fingerprint density at radius 2 is 1.70 bits per heavy atom. The number of rotatable bonds is 8. The lowest BCUT2D eigenvalue weighted by atomic mass is 10.0. The van der Waals surface area contributed by atoms with E-state index in [9.17, 15) is 9.59 Å². The van der Waals surface area contributed by atoms with Crippen LogP contribution in [0.2, 0.25) is 0 Å². The fourth-order valence-electron chi connectivity index (χ4n) is 2.85. The molecular weight excluding hydrogens is 340 g/mol. The third-order valence-corrected chi connectivity index (χ3v) is 4.32. The number of carbonyl (C=O) groups excluding carboxylic acids is 2. The molecule has 2 aromatic carbocycles. The largest absolute Gasteiger partial charge is 0.494 e. The predicted octanol–water partition coefficient (Wildman–Crippen LogP) is 3.62. The summed E-state index contributed by atoms with van der Waals surface area (Å²) in [4.78, 5) is 26.0. The van der Waals surface area contributed by atoms with Crippen molar-refractivity contribution < 1.29 is 14.3 Å². The minimum absolute atomic E-state index is 0.0248. The molecule has 2 rings (SSSR count). The van der Waals surface area contributed by atoms with E-state index >= 15 is 0 Å². The van der Waals surface area contributed by atoms with Crippen molar-refractivity contribution in [1.29, 1.82) is 0 Å². The molecule has 0 bridgehead atoms. The van der Waals surface area contributed by atoms with Gasteiger partial charge in [0.05, 0.1) is 19.1 Å². The third-order valence-electron chi connectivity index (χ3n) is 4.32. The second-order valence-corrected chi connectivity index (χ2v) is 6.69. The highest BCUT2D eigenvalue weighted by Gasteiger charge is 2.19. The summed E-state index contributed by atoms with van der Waals surface area (Å²) in [5.74, 6) is 0.645. The van der Waals surface area contributed by atoms with Crippen LogP contribution >= 0.6 is 0 Å². The number of hydrogen-bond acceptors (Lipinski definition) is 3. The topological polar surface area (TPSA) is 58.6 Å². The smallest absolute Gasteiger partial charge is 0.225 e. The summed E-state index contributed by atoms with van der Waals surface area (Å²) >= 11 is 0. The molecule has 1 unspecified atom stereocenters. The fourth-order valence-corrected chi connectivity index (χ4v) is 2.85. The van der Waals surface area contributed by atoms with Gasteiger partial charge >= 0.3 is 0 Å². The van der Waals surface area contributed by atoms with Gasteiger partial charge in [-0.3, -0.25) is 9.59 Å². The normalized spacial score (nSPS) is 11.6. The molecule has 2 amide bonds. The van der Waals surface area contributed by atoms with Gasteiger partial charge in [0.15, 0.2) is 0 Å². The summed E-state index contributed by atoms with van der Waals surface area (Å²) in [5.41, 5.74) is 3.10. The van der Waals surface area contributed by atoms with E-state index in [0.717, 1.165) is 22.4 Å². The SMILES string of the molecule is CCOc1ccc(CN(C)C(=O)CC(NC(C)=O)c2ccc(C)cc2)cc1. The lowest BCUT2D eigenvalue weighted by Gasteiger charge is -2.23. The van der Waals surface area contributed by atoms with E-state index in [1.54, 1.807) is 11.9 Å². The Bertz CT molecular complexity index is 754. The zero-order valence-electron chi connectivity index (χ0n) is 16.5. The molecule has 1 N–H and O–H groups in total. The van der Waals surface area contributed by atoms with Crippen molar-refractivity contribution in [3.63, 3.8) is 0 Å². The maximum absolute atomic E-state index is 12.7. The van der Waals surface area contributed by atoms with Crippen LogP contribution in [0, 0.1) is 6.92 Å². The van der Waals surface area contributed by atoms with Crippen LogP contribution in [0.1, 0.15) is 43.0 Å². The van der Waals surface area contributed by atoms with Crippen LogP contribution < -0.4 is 10.1 Å². The van der Waals surface area contributed by atoms with Crippen molar-refractivity contribution in [1.82, 2.24) is 10.2 Å². The Kier molecular flexibility index (Phi) is 7.41. The quantitative estimate of drug-likeness (QED) is 0.774. The second-order valence-electron chi connectivity index (χ2n) is 6.69. The molecule has 0 heterocycles. The molecule has 2 aromatic rings. The molecule has 0 saturated heterocycles. The molecule has 5 heteroatoms. The molecular formula is C22H28N2O3. The van der Waals surface area contributed by atoms with Crippen LogP contribution in [-0.4, -0.2) is 30.4 Å². The molecule has 0 aliphatic rings. The van der Waals surface area contributed by atoms with Gasteiger partial charge < -0.3 is 15.0 Å². The van der Waals surface area contributed by atoms with Crippen LogP contribution in [0.15, 0.2) is 48.5 Å². The van der Waals surface area contributed by atoms with Gasteiger partial charge in [-0.2, -0.15) is 0 Å². The van der Waals surface area contributed by atoms with E-state index in [1.807, 2.05) is 62.4 Å². The molecule has 0 aliphatic heterocycles. The van der Waals surface area contributed by atoms with Gasteiger partial charge in [-0.15, -0.1) is 0 Å². The van der Waals surface area contributed by atoms with Gasteiger partial charge in [0.1, 0.15) is 5.75 Å². The average molecular weight is 368 g/mol. The van der Waals surface area contributed by atoms with Crippen LogP contribution in [0.3, 0.4) is 0 Å². The van der Waals surface area contributed by atoms with E-state index in [4.69, 9.17) is 4.74 Å². The Hall–Kier alpha value is -2.82. The number of nitrogens with zero attached hydrogens (tertiary/aromatic N) is 1. The summed E-state index contributed by atoms with van der Waals surface area (Å²) in [6.07, 6.45) is 0.218. The maximum atomic E-state index is 12.7. The van der Waals surface area contributed by atoms with Gasteiger partial charge in [-0.05, 0) is 37.1 Å². The van der Waals surface area contributed by atoms with Crippen LogP contribution in [0.4, 0.5) is 0 Å². The first-order chi connectivity index (χ1) is 12.9. The number of carbonyl (C=O) groups is 2. The van der Waals surface area contributed by atoms with Crippen molar-refractivity contribution in [2.75, 3.05) is 13.7 Å². The van der Waals surface area contributed by atoms with Crippen molar-refractivity contribution in [3.8, 4) is 5.75 Å².